The van der Waals surface area contributed by atoms with Gasteiger partial charge in [-0.05, 0) is 32.0 Å². The second-order valence-electron chi connectivity index (χ2n) is 1.61. The van der Waals surface area contributed by atoms with E-state index < -0.39 is 6.80 Å². The van der Waals surface area contributed by atoms with E-state index in [1.807, 2.05) is 13.8 Å². The second kappa shape index (κ2) is 4.02. The largest absolute Gasteiger partial charge is 0.0582 e. The molecule has 0 aromatic heterocycles. The Hall–Kier alpha value is 1.84. The van der Waals surface area contributed by atoms with Crippen LogP contribution in [0.2, 0.25) is 0 Å². The Morgan fingerprint density at radius 3 is 1.22 bits per heavy atom. The van der Waals surface area contributed by atoms with Gasteiger partial charge in [0.15, 0.2) is 0 Å². The molecule has 9 heavy (non-hydrogen) atoms. The first kappa shape index (κ1) is 13.4. The van der Waals surface area contributed by atoms with Gasteiger partial charge in [-0.1, -0.05) is 20.6 Å². The van der Waals surface area contributed by atoms with E-state index in [9.17, 15) is 0 Å². The van der Waals surface area contributed by atoms with Gasteiger partial charge in [-0.3, -0.25) is 0 Å². The maximum Gasteiger partial charge on any atom is 0.00421 e. The van der Waals surface area contributed by atoms with E-state index in [4.69, 9.17) is 32.0 Å². The van der Waals surface area contributed by atoms with Gasteiger partial charge in [0.05, 0.1) is 0 Å². The third-order valence-corrected chi connectivity index (χ3v) is 7.12. The summed E-state index contributed by atoms with van der Waals surface area (Å²) in [4.78, 5) is 0. The summed E-state index contributed by atoms with van der Waals surface area (Å²) in [6.45, 7) is 1.34. The SMILES string of the molecule is CC[S](Cl)(Cl)(Cl)CC.[Ru]. The van der Waals surface area contributed by atoms with E-state index in [0.29, 0.717) is 11.5 Å². The fourth-order valence-electron chi connectivity index (χ4n) is 0.204. The molecule has 0 rings (SSSR count). The maximum atomic E-state index is 5.80. The summed E-state index contributed by atoms with van der Waals surface area (Å²) in [6.07, 6.45) is 0. The fourth-order valence-corrected chi connectivity index (χ4v) is 0.612. The van der Waals surface area contributed by atoms with E-state index >= 15 is 0 Å². The molecule has 0 atom stereocenters. The van der Waals surface area contributed by atoms with Crippen LogP contribution in [0.4, 0.5) is 0 Å². The smallest absolute Gasteiger partial charge is 0.00421 e. The first-order valence-electron chi connectivity index (χ1n) is 2.45. The van der Waals surface area contributed by atoms with Gasteiger partial charge in [-0.2, -0.15) is 0 Å². The van der Waals surface area contributed by atoms with Crippen molar-refractivity contribution in [2.24, 2.45) is 0 Å². The van der Waals surface area contributed by atoms with Crippen molar-refractivity contribution >= 4 is 38.8 Å². The maximum absolute atomic E-state index is 5.80. The van der Waals surface area contributed by atoms with Crippen molar-refractivity contribution in [3.05, 3.63) is 0 Å². The van der Waals surface area contributed by atoms with Crippen LogP contribution in [-0.2, 0) is 19.5 Å². The molecule has 0 aliphatic rings. The number of hydrogen-bond donors (Lipinski definition) is 0. The van der Waals surface area contributed by atoms with Gasteiger partial charge in [0, 0.05) is 31.0 Å². The fraction of sp³-hybridized carbons (Fsp3) is 1.00. The average Bonchev–Trinajstić information content (AvgIpc) is 1.68. The molecule has 5 heteroatoms. The van der Waals surface area contributed by atoms with Crippen molar-refractivity contribution in [2.45, 2.75) is 13.8 Å². The summed E-state index contributed by atoms with van der Waals surface area (Å²) in [5.41, 5.74) is 0. The molecule has 1 radical (unpaired) electrons. The van der Waals surface area contributed by atoms with Crippen LogP contribution in [0.25, 0.3) is 0 Å². The van der Waals surface area contributed by atoms with Crippen LogP contribution in [0.15, 0.2) is 0 Å². The van der Waals surface area contributed by atoms with Gasteiger partial charge < -0.3 is 0 Å². The van der Waals surface area contributed by atoms with Gasteiger partial charge in [0.1, 0.15) is 0 Å². The van der Waals surface area contributed by atoms with Crippen LogP contribution < -0.4 is 0 Å². The van der Waals surface area contributed by atoms with Crippen molar-refractivity contribution in [1.82, 2.24) is 0 Å². The Balaban J connectivity index is 0. The Morgan fingerprint density at radius 2 is 1.22 bits per heavy atom. The van der Waals surface area contributed by atoms with Crippen LogP contribution in [0.5, 0.6) is 0 Å². The molecular formula is C4H10Cl3RuS. The van der Waals surface area contributed by atoms with Crippen LogP contribution in [0.3, 0.4) is 0 Å². The van der Waals surface area contributed by atoms with Crippen molar-refractivity contribution < 1.29 is 19.5 Å². The predicted octanol–water partition coefficient (Wildman–Crippen LogP) is 3.83. The first-order valence-corrected chi connectivity index (χ1v) is 7.31. The summed E-state index contributed by atoms with van der Waals surface area (Å²) in [7, 11) is 17.4. The standard InChI is InChI=1S/C4H10Cl3S.Ru/c1-3-8(5,6,7)4-2;/h3-4H2,1-2H3;. The molecule has 0 amide bonds. The Bertz CT molecular complexity index is 79.5. The van der Waals surface area contributed by atoms with Crippen molar-refractivity contribution in [3.63, 3.8) is 0 Å². The van der Waals surface area contributed by atoms with Crippen molar-refractivity contribution in [2.75, 3.05) is 11.5 Å². The van der Waals surface area contributed by atoms with Gasteiger partial charge in [-0.15, -0.1) is 0 Å². The van der Waals surface area contributed by atoms with Crippen LogP contribution in [0, 0.1) is 0 Å². The van der Waals surface area contributed by atoms with Gasteiger partial charge in [0.25, 0.3) is 0 Å². The monoisotopic (exact) mass is 297 g/mol. The number of halogens is 3. The molecule has 0 fully saturated rings. The minimum Gasteiger partial charge on any atom is -0.0582 e. The minimum absolute atomic E-state index is 0. The molecule has 0 nitrogen and oxygen atoms in total. The normalized spacial score (nSPS) is 15.4. The zero-order chi connectivity index (χ0) is 6.86. The van der Waals surface area contributed by atoms with Gasteiger partial charge in [-0.25, -0.2) is 0 Å². The van der Waals surface area contributed by atoms with Crippen LogP contribution >= 0.6 is 38.8 Å². The molecule has 61 valence electrons. The number of rotatable bonds is 2. The molecule has 0 unspecified atom stereocenters. The van der Waals surface area contributed by atoms with Crippen molar-refractivity contribution in [3.8, 4) is 0 Å². The zero-order valence-electron chi connectivity index (χ0n) is 5.31. The molecule has 0 aromatic carbocycles. The number of hydrogen-bond acceptors (Lipinski definition) is 0. The summed E-state index contributed by atoms with van der Waals surface area (Å²) < 4.78 is 0. The van der Waals surface area contributed by atoms with Gasteiger partial charge in [0.2, 0.25) is 0 Å². The molecule has 0 saturated heterocycles. The summed E-state index contributed by atoms with van der Waals surface area (Å²) in [5.74, 6) is 1.33. The molecule has 0 bridgehead atoms. The summed E-state index contributed by atoms with van der Waals surface area (Å²) in [6, 6.07) is 0. The van der Waals surface area contributed by atoms with E-state index in [1.54, 1.807) is 0 Å². The molecular weight excluding hydrogens is 288 g/mol. The van der Waals surface area contributed by atoms with Crippen LogP contribution in [0.1, 0.15) is 13.8 Å². The van der Waals surface area contributed by atoms with E-state index in [1.165, 1.54) is 0 Å². The quantitative estimate of drug-likeness (QED) is 0.680. The molecule has 0 spiro atoms. The van der Waals surface area contributed by atoms with Crippen LogP contribution in [-0.4, -0.2) is 11.5 Å². The Morgan fingerprint density at radius 1 is 1.00 bits per heavy atom. The van der Waals surface area contributed by atoms with Gasteiger partial charge >= 0.3 is 0 Å². The third-order valence-electron chi connectivity index (χ3n) is 1.06. The van der Waals surface area contributed by atoms with E-state index in [0.717, 1.165) is 0 Å². The summed E-state index contributed by atoms with van der Waals surface area (Å²) >= 11 is 0. The van der Waals surface area contributed by atoms with E-state index in [-0.39, 0.29) is 19.5 Å². The molecule has 0 heterocycles. The van der Waals surface area contributed by atoms with E-state index in [2.05, 4.69) is 0 Å². The predicted molar refractivity (Wildman–Crippen MR) is 46.2 cm³/mol. The Kier molecular flexibility index (Phi) is 6.00. The summed E-state index contributed by atoms with van der Waals surface area (Å²) in [5, 5.41) is 0. The first-order chi connectivity index (χ1) is 3.39. The molecule has 0 aliphatic heterocycles. The second-order valence-corrected chi connectivity index (χ2v) is 13.0. The molecule has 0 saturated carbocycles. The Labute approximate surface area is 83.2 Å². The topological polar surface area (TPSA) is 0 Å². The molecule has 0 aromatic rings. The molecule has 0 N–H and O–H groups in total. The average molecular weight is 298 g/mol. The minimum atomic E-state index is -2.46. The molecule has 0 aliphatic carbocycles. The van der Waals surface area contributed by atoms with Crippen molar-refractivity contribution in [1.29, 1.82) is 0 Å². The third kappa shape index (κ3) is 6.25. The zero-order valence-corrected chi connectivity index (χ0v) is 10.1.